The van der Waals surface area contributed by atoms with Gasteiger partial charge >= 0.3 is 5.97 Å². The van der Waals surface area contributed by atoms with Gasteiger partial charge in [-0.3, -0.25) is 9.69 Å². The first-order valence-corrected chi connectivity index (χ1v) is 7.66. The Morgan fingerprint density at radius 1 is 1.26 bits per heavy atom. The fourth-order valence-electron chi connectivity index (χ4n) is 3.75. The number of rotatable bonds is 4. The number of carboxylic acid groups (broad SMARTS) is 1. The van der Waals surface area contributed by atoms with Crippen LogP contribution in [0.4, 0.5) is 0 Å². The summed E-state index contributed by atoms with van der Waals surface area (Å²) in [5, 5.41) is 19.8. The monoisotopic (exact) mass is 269 g/mol. The van der Waals surface area contributed by atoms with Crippen LogP contribution in [0.2, 0.25) is 0 Å². The quantitative estimate of drug-likeness (QED) is 0.822. The Labute approximate surface area is 115 Å². The number of hydrogen-bond donors (Lipinski definition) is 2. The first-order chi connectivity index (χ1) is 8.95. The van der Waals surface area contributed by atoms with Crippen molar-refractivity contribution in [3.8, 4) is 0 Å². The molecule has 0 aromatic heterocycles. The van der Waals surface area contributed by atoms with Crippen molar-refractivity contribution in [1.29, 1.82) is 0 Å². The Hall–Kier alpha value is -0.610. The van der Waals surface area contributed by atoms with Crippen LogP contribution in [0.15, 0.2) is 0 Å². The molecule has 1 heterocycles. The Kier molecular flexibility index (Phi) is 4.51. The minimum atomic E-state index is -0.706. The Bertz CT molecular complexity index is 323. The summed E-state index contributed by atoms with van der Waals surface area (Å²) in [6.45, 7) is 5.17. The molecular formula is C15H27NO3. The van der Waals surface area contributed by atoms with Crippen LogP contribution in [0.3, 0.4) is 0 Å². The van der Waals surface area contributed by atoms with Gasteiger partial charge in [-0.1, -0.05) is 6.92 Å². The molecular weight excluding hydrogens is 242 g/mol. The van der Waals surface area contributed by atoms with Gasteiger partial charge in [-0.05, 0) is 51.9 Å². The van der Waals surface area contributed by atoms with Gasteiger partial charge < -0.3 is 10.2 Å². The van der Waals surface area contributed by atoms with Crippen molar-refractivity contribution < 1.29 is 15.0 Å². The Morgan fingerprint density at radius 2 is 1.89 bits per heavy atom. The predicted molar refractivity (Wildman–Crippen MR) is 74.0 cm³/mol. The highest BCUT2D eigenvalue weighted by Gasteiger charge is 2.40. The van der Waals surface area contributed by atoms with Crippen molar-refractivity contribution in [3.05, 3.63) is 0 Å². The van der Waals surface area contributed by atoms with E-state index >= 15 is 0 Å². The molecule has 4 heteroatoms. The summed E-state index contributed by atoms with van der Waals surface area (Å²) in [6, 6.07) is 1.14. The lowest BCUT2D eigenvalue weighted by atomic mass is 9.78. The van der Waals surface area contributed by atoms with Gasteiger partial charge in [0.1, 0.15) is 0 Å². The highest BCUT2D eigenvalue weighted by atomic mass is 16.4. The summed E-state index contributed by atoms with van der Waals surface area (Å²) < 4.78 is 0. The third-order valence-electron chi connectivity index (χ3n) is 5.17. The van der Waals surface area contributed by atoms with E-state index in [-0.39, 0.29) is 5.92 Å². The van der Waals surface area contributed by atoms with E-state index in [0.29, 0.717) is 37.8 Å². The molecule has 2 N–H and O–H groups in total. The van der Waals surface area contributed by atoms with E-state index in [9.17, 15) is 9.90 Å². The second-order valence-electron chi connectivity index (χ2n) is 6.50. The van der Waals surface area contributed by atoms with Crippen LogP contribution in [0.1, 0.15) is 58.8 Å². The van der Waals surface area contributed by atoms with Gasteiger partial charge in [-0.25, -0.2) is 0 Å². The molecule has 0 spiro atoms. The zero-order chi connectivity index (χ0) is 14.0. The van der Waals surface area contributed by atoms with Crippen LogP contribution in [-0.4, -0.2) is 45.3 Å². The van der Waals surface area contributed by atoms with Gasteiger partial charge in [0.25, 0.3) is 0 Å². The van der Waals surface area contributed by atoms with E-state index in [1.54, 1.807) is 0 Å². The van der Waals surface area contributed by atoms with Gasteiger partial charge in [-0.15, -0.1) is 0 Å². The lowest BCUT2D eigenvalue weighted by Gasteiger charge is -2.40. The second-order valence-corrected chi connectivity index (χ2v) is 6.50. The lowest BCUT2D eigenvalue weighted by Crippen LogP contribution is -2.49. The third-order valence-corrected chi connectivity index (χ3v) is 5.17. The van der Waals surface area contributed by atoms with E-state index in [1.807, 2.05) is 0 Å². The fraction of sp³-hybridized carbons (Fsp3) is 0.933. The van der Waals surface area contributed by atoms with E-state index < -0.39 is 11.6 Å². The van der Waals surface area contributed by atoms with Crippen molar-refractivity contribution in [2.45, 2.75) is 76.5 Å². The van der Waals surface area contributed by atoms with Crippen molar-refractivity contribution in [1.82, 2.24) is 4.90 Å². The van der Waals surface area contributed by atoms with Crippen molar-refractivity contribution in [3.63, 3.8) is 0 Å². The highest BCUT2D eigenvalue weighted by Crippen LogP contribution is 2.36. The number of β-amino-alcohol motifs (C(OH)–C–C–N with tert-alkyl or cyclic N) is 1. The molecule has 1 aliphatic heterocycles. The number of aliphatic hydroxyl groups is 1. The third kappa shape index (κ3) is 3.29. The number of nitrogens with zero attached hydrogens (tertiary/aromatic N) is 1. The zero-order valence-corrected chi connectivity index (χ0v) is 12.1. The molecule has 0 amide bonds. The van der Waals surface area contributed by atoms with E-state index in [2.05, 4.69) is 18.7 Å². The number of carbonyl (C=O) groups is 1. The SMILES string of the molecule is CCC1CCC(C)N1CC1(O)CCC(C(=O)O)CC1. The molecule has 2 atom stereocenters. The number of carboxylic acids is 1. The minimum Gasteiger partial charge on any atom is -0.481 e. The molecule has 4 nitrogen and oxygen atoms in total. The molecule has 2 rings (SSSR count). The first kappa shape index (κ1) is 14.8. The standard InChI is InChI=1S/C15H27NO3/c1-3-13-5-4-11(2)16(13)10-15(19)8-6-12(7-9-15)14(17)18/h11-13,19H,3-10H2,1-2H3,(H,17,18). The molecule has 19 heavy (non-hydrogen) atoms. The Balaban J connectivity index is 1.93. The minimum absolute atomic E-state index is 0.252. The molecule has 1 saturated carbocycles. The smallest absolute Gasteiger partial charge is 0.306 e. The molecule has 1 saturated heterocycles. The number of aliphatic carboxylic acids is 1. The summed E-state index contributed by atoms with van der Waals surface area (Å²) in [5.74, 6) is -0.957. The van der Waals surface area contributed by atoms with Gasteiger partial charge in [0.15, 0.2) is 0 Å². The van der Waals surface area contributed by atoms with Gasteiger partial charge in [0, 0.05) is 18.6 Å². The molecule has 0 bridgehead atoms. The normalized spacial score (nSPS) is 40.5. The molecule has 2 unspecified atom stereocenters. The Morgan fingerprint density at radius 3 is 2.42 bits per heavy atom. The van der Waals surface area contributed by atoms with Crippen LogP contribution < -0.4 is 0 Å². The molecule has 0 aromatic carbocycles. The van der Waals surface area contributed by atoms with Crippen LogP contribution in [-0.2, 0) is 4.79 Å². The van der Waals surface area contributed by atoms with Gasteiger partial charge in [0.05, 0.1) is 11.5 Å². The average Bonchev–Trinajstić information content (AvgIpc) is 2.70. The predicted octanol–water partition coefficient (Wildman–Crippen LogP) is 2.26. The van der Waals surface area contributed by atoms with Crippen LogP contribution >= 0.6 is 0 Å². The number of likely N-dealkylation sites (tertiary alicyclic amines) is 1. The average molecular weight is 269 g/mol. The fourth-order valence-corrected chi connectivity index (χ4v) is 3.75. The van der Waals surface area contributed by atoms with Crippen LogP contribution in [0.5, 0.6) is 0 Å². The molecule has 0 radical (unpaired) electrons. The zero-order valence-electron chi connectivity index (χ0n) is 12.1. The lowest BCUT2D eigenvalue weighted by molar-refractivity contribution is -0.145. The van der Waals surface area contributed by atoms with E-state index in [1.165, 1.54) is 12.8 Å². The van der Waals surface area contributed by atoms with Crippen molar-refractivity contribution in [2.24, 2.45) is 5.92 Å². The largest absolute Gasteiger partial charge is 0.481 e. The van der Waals surface area contributed by atoms with Crippen molar-refractivity contribution >= 4 is 5.97 Å². The summed E-state index contributed by atoms with van der Waals surface area (Å²) in [7, 11) is 0. The number of hydrogen-bond acceptors (Lipinski definition) is 3. The maximum Gasteiger partial charge on any atom is 0.306 e. The van der Waals surface area contributed by atoms with Gasteiger partial charge in [-0.2, -0.15) is 0 Å². The van der Waals surface area contributed by atoms with E-state index in [0.717, 1.165) is 13.0 Å². The molecule has 2 fully saturated rings. The van der Waals surface area contributed by atoms with Gasteiger partial charge in [0.2, 0.25) is 0 Å². The summed E-state index contributed by atoms with van der Waals surface area (Å²) in [5.41, 5.74) is -0.669. The second kappa shape index (κ2) is 5.80. The van der Waals surface area contributed by atoms with Crippen molar-refractivity contribution in [2.75, 3.05) is 6.54 Å². The van der Waals surface area contributed by atoms with Crippen LogP contribution in [0, 0.1) is 5.92 Å². The molecule has 1 aliphatic carbocycles. The summed E-state index contributed by atoms with van der Waals surface area (Å²) in [4.78, 5) is 13.4. The van der Waals surface area contributed by atoms with Crippen LogP contribution in [0.25, 0.3) is 0 Å². The summed E-state index contributed by atoms with van der Waals surface area (Å²) >= 11 is 0. The summed E-state index contributed by atoms with van der Waals surface area (Å²) in [6.07, 6.45) is 6.07. The maximum absolute atomic E-state index is 11.0. The molecule has 2 aliphatic rings. The topological polar surface area (TPSA) is 60.8 Å². The maximum atomic E-state index is 11.0. The molecule has 110 valence electrons. The molecule has 0 aromatic rings. The first-order valence-electron chi connectivity index (χ1n) is 7.66. The van der Waals surface area contributed by atoms with E-state index in [4.69, 9.17) is 5.11 Å². The highest BCUT2D eigenvalue weighted by molar-refractivity contribution is 5.70.